The normalized spacial score (nSPS) is 21.2. The van der Waals surface area contributed by atoms with Crippen LogP contribution in [-0.2, 0) is 9.84 Å². The summed E-state index contributed by atoms with van der Waals surface area (Å²) >= 11 is 0. The molecule has 0 amide bonds. The molecule has 0 fully saturated rings. The van der Waals surface area contributed by atoms with Crippen molar-refractivity contribution in [2.45, 2.75) is 6.42 Å². The summed E-state index contributed by atoms with van der Waals surface area (Å²) in [7, 11) is -2.81. The van der Waals surface area contributed by atoms with Crippen molar-refractivity contribution in [3.63, 3.8) is 0 Å². The Morgan fingerprint density at radius 1 is 1.58 bits per heavy atom. The first-order valence-electron chi connectivity index (χ1n) is 3.76. The van der Waals surface area contributed by atoms with E-state index in [1.807, 2.05) is 0 Å². The lowest BCUT2D eigenvalue weighted by Gasteiger charge is -2.12. The van der Waals surface area contributed by atoms with Gasteiger partial charge in [-0.15, -0.1) is 0 Å². The van der Waals surface area contributed by atoms with Crippen LogP contribution in [0, 0.1) is 0 Å². The molecule has 66 valence electrons. The van der Waals surface area contributed by atoms with E-state index in [-0.39, 0.29) is 11.5 Å². The number of hydrogen-bond acceptors (Lipinski definition) is 2. The van der Waals surface area contributed by atoms with Gasteiger partial charge in [-0.25, -0.2) is 8.42 Å². The Morgan fingerprint density at radius 3 is 2.67 bits per heavy atom. The minimum atomic E-state index is -2.81. The fraction of sp³-hybridized carbons (Fsp3) is 0.333. The molecule has 0 spiro atoms. The van der Waals surface area contributed by atoms with E-state index in [9.17, 15) is 8.42 Å². The SMILES string of the molecule is C=CC(=C)C1=CCS(=O)(=O)CC1. The van der Waals surface area contributed by atoms with Gasteiger partial charge in [0.15, 0.2) is 9.84 Å². The van der Waals surface area contributed by atoms with Crippen LogP contribution in [0.4, 0.5) is 0 Å². The molecular weight excluding hydrogens is 172 g/mol. The fourth-order valence-corrected chi connectivity index (χ4v) is 2.25. The van der Waals surface area contributed by atoms with Gasteiger partial charge in [0.05, 0.1) is 11.5 Å². The fourth-order valence-electron chi connectivity index (χ4n) is 1.10. The standard InChI is InChI=1S/C9H12O2S/c1-3-8(2)9-4-6-12(10,11)7-5-9/h3-4H,1-2,5-7H2. The largest absolute Gasteiger partial charge is 0.229 e. The third kappa shape index (κ3) is 2.08. The van der Waals surface area contributed by atoms with Crippen LogP contribution < -0.4 is 0 Å². The Hall–Kier alpha value is -0.830. The summed E-state index contributed by atoms with van der Waals surface area (Å²) < 4.78 is 22.0. The molecule has 0 bridgehead atoms. The zero-order chi connectivity index (χ0) is 9.19. The Labute approximate surface area is 73.2 Å². The smallest absolute Gasteiger partial charge is 0.154 e. The monoisotopic (exact) mass is 184 g/mol. The van der Waals surface area contributed by atoms with Crippen LogP contribution in [0.25, 0.3) is 0 Å². The highest BCUT2D eigenvalue weighted by atomic mass is 32.2. The maximum absolute atomic E-state index is 11.0. The minimum absolute atomic E-state index is 0.148. The van der Waals surface area contributed by atoms with Crippen LogP contribution in [0.2, 0.25) is 0 Å². The highest BCUT2D eigenvalue weighted by Crippen LogP contribution is 2.19. The molecule has 1 rings (SSSR count). The van der Waals surface area contributed by atoms with Gasteiger partial charge in [-0.1, -0.05) is 25.3 Å². The van der Waals surface area contributed by atoms with Crippen molar-refractivity contribution in [1.29, 1.82) is 0 Å². The number of hydrogen-bond donors (Lipinski definition) is 0. The van der Waals surface area contributed by atoms with E-state index in [0.29, 0.717) is 6.42 Å². The summed E-state index contributed by atoms with van der Waals surface area (Å²) in [5.41, 5.74) is 1.85. The molecule has 0 N–H and O–H groups in total. The Kier molecular flexibility index (Phi) is 2.52. The van der Waals surface area contributed by atoms with E-state index in [1.54, 1.807) is 12.2 Å². The molecule has 0 atom stereocenters. The first-order valence-corrected chi connectivity index (χ1v) is 5.58. The maximum Gasteiger partial charge on any atom is 0.154 e. The predicted molar refractivity (Wildman–Crippen MR) is 50.7 cm³/mol. The molecule has 0 aromatic rings. The highest BCUT2D eigenvalue weighted by Gasteiger charge is 2.16. The second kappa shape index (κ2) is 3.27. The summed E-state index contributed by atoms with van der Waals surface area (Å²) in [4.78, 5) is 0. The predicted octanol–water partition coefficient (Wildman–Crippen LogP) is 1.47. The Balaban J connectivity index is 2.81. The van der Waals surface area contributed by atoms with Crippen LogP contribution in [0.3, 0.4) is 0 Å². The molecular formula is C9H12O2S. The Bertz CT molecular complexity index is 334. The van der Waals surface area contributed by atoms with Crippen LogP contribution >= 0.6 is 0 Å². The molecule has 0 radical (unpaired) electrons. The second-order valence-corrected chi connectivity index (χ2v) is 5.05. The topological polar surface area (TPSA) is 34.1 Å². The molecule has 2 nitrogen and oxygen atoms in total. The van der Waals surface area contributed by atoms with Crippen LogP contribution in [0.5, 0.6) is 0 Å². The number of rotatable bonds is 2. The lowest BCUT2D eigenvalue weighted by molar-refractivity contribution is 0.596. The zero-order valence-corrected chi connectivity index (χ0v) is 7.73. The van der Waals surface area contributed by atoms with Crippen LogP contribution in [0.15, 0.2) is 36.5 Å². The molecule has 0 unspecified atom stereocenters. The molecule has 0 aromatic carbocycles. The summed E-state index contributed by atoms with van der Waals surface area (Å²) in [5, 5.41) is 0. The van der Waals surface area contributed by atoms with Gasteiger partial charge in [0.2, 0.25) is 0 Å². The van der Waals surface area contributed by atoms with Crippen LogP contribution in [-0.4, -0.2) is 19.9 Å². The molecule has 3 heteroatoms. The molecule has 1 aliphatic heterocycles. The van der Waals surface area contributed by atoms with Gasteiger partial charge in [-0.2, -0.15) is 0 Å². The van der Waals surface area contributed by atoms with Gasteiger partial charge in [0.25, 0.3) is 0 Å². The van der Waals surface area contributed by atoms with Crippen molar-refractivity contribution >= 4 is 9.84 Å². The van der Waals surface area contributed by atoms with Crippen molar-refractivity contribution in [3.05, 3.63) is 36.5 Å². The highest BCUT2D eigenvalue weighted by molar-refractivity contribution is 7.91. The van der Waals surface area contributed by atoms with Crippen molar-refractivity contribution in [3.8, 4) is 0 Å². The van der Waals surface area contributed by atoms with Crippen molar-refractivity contribution in [1.82, 2.24) is 0 Å². The van der Waals surface area contributed by atoms with Gasteiger partial charge in [0.1, 0.15) is 0 Å². The van der Waals surface area contributed by atoms with E-state index >= 15 is 0 Å². The zero-order valence-electron chi connectivity index (χ0n) is 6.91. The average Bonchev–Trinajstić information content (AvgIpc) is 2.03. The minimum Gasteiger partial charge on any atom is -0.229 e. The third-order valence-electron chi connectivity index (χ3n) is 1.92. The van der Waals surface area contributed by atoms with E-state index in [0.717, 1.165) is 11.1 Å². The van der Waals surface area contributed by atoms with E-state index in [4.69, 9.17) is 0 Å². The molecule has 0 aromatic heterocycles. The second-order valence-electron chi connectivity index (χ2n) is 2.82. The van der Waals surface area contributed by atoms with Gasteiger partial charge >= 0.3 is 0 Å². The molecule has 0 saturated heterocycles. The summed E-state index contributed by atoms with van der Waals surface area (Å²) in [6.45, 7) is 7.35. The number of sulfone groups is 1. The van der Waals surface area contributed by atoms with Gasteiger partial charge in [-0.05, 0) is 17.6 Å². The quantitative estimate of drug-likeness (QED) is 0.609. The lowest BCUT2D eigenvalue weighted by Crippen LogP contribution is -2.15. The number of allylic oxidation sites excluding steroid dienone is 3. The van der Waals surface area contributed by atoms with Gasteiger partial charge in [0, 0.05) is 0 Å². The lowest BCUT2D eigenvalue weighted by atomic mass is 10.1. The summed E-state index contributed by atoms with van der Waals surface area (Å²) in [6, 6.07) is 0. The summed E-state index contributed by atoms with van der Waals surface area (Å²) in [6.07, 6.45) is 3.96. The molecule has 0 saturated carbocycles. The third-order valence-corrected chi connectivity index (χ3v) is 3.43. The maximum atomic E-state index is 11.0. The average molecular weight is 184 g/mol. The van der Waals surface area contributed by atoms with E-state index < -0.39 is 9.84 Å². The van der Waals surface area contributed by atoms with Gasteiger partial charge < -0.3 is 0 Å². The molecule has 1 heterocycles. The van der Waals surface area contributed by atoms with E-state index in [1.165, 1.54) is 0 Å². The van der Waals surface area contributed by atoms with E-state index in [2.05, 4.69) is 13.2 Å². The van der Waals surface area contributed by atoms with Gasteiger partial charge in [-0.3, -0.25) is 0 Å². The van der Waals surface area contributed by atoms with Crippen molar-refractivity contribution in [2.24, 2.45) is 0 Å². The van der Waals surface area contributed by atoms with Crippen molar-refractivity contribution < 1.29 is 8.42 Å². The molecule has 0 aliphatic carbocycles. The summed E-state index contributed by atoms with van der Waals surface area (Å²) in [5.74, 6) is 0.390. The first-order chi connectivity index (χ1) is 5.55. The Morgan fingerprint density at radius 2 is 2.25 bits per heavy atom. The molecule has 1 aliphatic rings. The molecule has 12 heavy (non-hydrogen) atoms. The first kappa shape index (κ1) is 9.26. The van der Waals surface area contributed by atoms with Crippen molar-refractivity contribution in [2.75, 3.05) is 11.5 Å². The van der Waals surface area contributed by atoms with Crippen LogP contribution in [0.1, 0.15) is 6.42 Å².